The fraction of sp³-hybridized carbons (Fsp3) is 0.857. The number of hydrogen-bond donors (Lipinski definition) is 2. The van der Waals surface area contributed by atoms with E-state index >= 15 is 0 Å². The van der Waals surface area contributed by atoms with Crippen LogP contribution in [0.1, 0.15) is 25.7 Å². The molecule has 0 aromatic heterocycles. The lowest BCUT2D eigenvalue weighted by Crippen LogP contribution is -2.29. The van der Waals surface area contributed by atoms with Crippen LogP contribution in [0.25, 0.3) is 0 Å². The minimum absolute atomic E-state index is 0.174. The van der Waals surface area contributed by atoms with Gasteiger partial charge in [-0.3, -0.25) is 4.79 Å². The van der Waals surface area contributed by atoms with E-state index in [2.05, 4.69) is 0 Å². The van der Waals surface area contributed by atoms with Gasteiger partial charge in [0.1, 0.15) is 6.04 Å². The molecule has 0 amide bonds. The summed E-state index contributed by atoms with van der Waals surface area (Å²) in [6.07, 6.45) is -1.43. The number of carboxylic acids is 1. The lowest BCUT2D eigenvalue weighted by molar-refractivity contribution is -0.138. The Balaban J connectivity index is 3.25. The molecule has 0 rings (SSSR count). The van der Waals surface area contributed by atoms with Crippen LogP contribution in [0.5, 0.6) is 0 Å². The molecule has 0 saturated carbocycles. The summed E-state index contributed by atoms with van der Waals surface area (Å²) in [7, 11) is 0. The zero-order valence-electron chi connectivity index (χ0n) is 6.67. The minimum atomic E-state index is -2.30. The van der Waals surface area contributed by atoms with Crippen LogP contribution in [-0.4, -0.2) is 23.5 Å². The van der Waals surface area contributed by atoms with Crippen LogP contribution in [0, 0.1) is 0 Å². The summed E-state index contributed by atoms with van der Waals surface area (Å²) < 4.78 is 23.1. The molecular weight excluding hydrogens is 168 g/mol. The van der Waals surface area contributed by atoms with Crippen molar-refractivity contribution in [1.82, 2.24) is 0 Å². The summed E-state index contributed by atoms with van der Waals surface area (Å²) in [6.45, 7) is 0. The number of hydrogen-bond acceptors (Lipinski definition) is 2. The first kappa shape index (κ1) is 11.3. The fourth-order valence-electron chi connectivity index (χ4n) is 0.786. The molecule has 5 heteroatoms. The van der Waals surface area contributed by atoms with Gasteiger partial charge in [-0.25, -0.2) is 8.78 Å². The van der Waals surface area contributed by atoms with Crippen LogP contribution in [0.15, 0.2) is 0 Å². The molecule has 0 heterocycles. The number of nitrogens with two attached hydrogens (primary N) is 1. The Morgan fingerprint density at radius 1 is 1.33 bits per heavy atom. The van der Waals surface area contributed by atoms with Gasteiger partial charge in [-0.15, -0.1) is 0 Å². The monoisotopic (exact) mass is 181 g/mol. The molecule has 0 aliphatic heterocycles. The predicted molar refractivity (Wildman–Crippen MR) is 40.1 cm³/mol. The Morgan fingerprint density at radius 2 is 1.83 bits per heavy atom. The maximum Gasteiger partial charge on any atom is 0.320 e. The van der Waals surface area contributed by atoms with E-state index in [1.165, 1.54) is 0 Å². The van der Waals surface area contributed by atoms with Crippen LogP contribution in [0.2, 0.25) is 0 Å². The molecule has 0 bridgehead atoms. The van der Waals surface area contributed by atoms with E-state index in [-0.39, 0.29) is 12.8 Å². The SMILES string of the molecule is NC(CCCCC(F)F)C(=O)O. The lowest BCUT2D eigenvalue weighted by Gasteiger charge is -2.04. The maximum absolute atomic E-state index is 11.6. The summed E-state index contributed by atoms with van der Waals surface area (Å²) in [4.78, 5) is 10.2. The van der Waals surface area contributed by atoms with E-state index in [1.807, 2.05) is 0 Å². The highest BCUT2D eigenvalue weighted by atomic mass is 19.3. The van der Waals surface area contributed by atoms with Crippen molar-refractivity contribution in [2.24, 2.45) is 5.73 Å². The zero-order valence-corrected chi connectivity index (χ0v) is 6.67. The van der Waals surface area contributed by atoms with Crippen LogP contribution < -0.4 is 5.73 Å². The third kappa shape index (κ3) is 6.03. The number of aliphatic carboxylic acids is 1. The first-order chi connectivity index (χ1) is 5.54. The summed E-state index contributed by atoms with van der Waals surface area (Å²) in [5, 5.41) is 8.32. The zero-order chi connectivity index (χ0) is 9.56. The summed E-state index contributed by atoms with van der Waals surface area (Å²) >= 11 is 0. The Kier molecular flexibility index (Phi) is 5.53. The second-order valence-corrected chi connectivity index (χ2v) is 2.62. The third-order valence-corrected chi connectivity index (χ3v) is 1.50. The Hall–Kier alpha value is -0.710. The number of carboxylic acid groups (broad SMARTS) is 1. The van der Waals surface area contributed by atoms with Crippen LogP contribution in [-0.2, 0) is 4.79 Å². The van der Waals surface area contributed by atoms with Crippen molar-refractivity contribution in [3.8, 4) is 0 Å². The molecule has 0 radical (unpaired) electrons. The Bertz CT molecular complexity index is 141. The van der Waals surface area contributed by atoms with Gasteiger partial charge in [0.25, 0.3) is 0 Å². The van der Waals surface area contributed by atoms with Crippen molar-refractivity contribution in [2.75, 3.05) is 0 Å². The average Bonchev–Trinajstić information content (AvgIpc) is 1.97. The molecule has 0 saturated heterocycles. The molecule has 0 fully saturated rings. The van der Waals surface area contributed by atoms with Crippen LogP contribution in [0.3, 0.4) is 0 Å². The Morgan fingerprint density at radius 3 is 2.25 bits per heavy atom. The van der Waals surface area contributed by atoms with E-state index in [1.54, 1.807) is 0 Å². The molecule has 72 valence electrons. The van der Waals surface area contributed by atoms with Gasteiger partial charge in [-0.05, 0) is 12.8 Å². The predicted octanol–water partition coefficient (Wildman–Crippen LogP) is 1.22. The van der Waals surface area contributed by atoms with E-state index in [4.69, 9.17) is 10.8 Å². The van der Waals surface area contributed by atoms with Crippen molar-refractivity contribution < 1.29 is 18.7 Å². The Labute approximate surface area is 69.6 Å². The highest BCUT2D eigenvalue weighted by Gasteiger charge is 2.10. The molecule has 12 heavy (non-hydrogen) atoms. The molecule has 0 spiro atoms. The number of rotatable bonds is 6. The first-order valence-electron chi connectivity index (χ1n) is 3.80. The van der Waals surface area contributed by atoms with Gasteiger partial charge in [0.15, 0.2) is 0 Å². The second kappa shape index (κ2) is 5.88. The van der Waals surface area contributed by atoms with Gasteiger partial charge < -0.3 is 10.8 Å². The second-order valence-electron chi connectivity index (χ2n) is 2.62. The van der Waals surface area contributed by atoms with Crippen molar-refractivity contribution in [2.45, 2.75) is 38.2 Å². The molecular formula is C7H13F2NO2. The van der Waals surface area contributed by atoms with Crippen molar-refractivity contribution in [3.05, 3.63) is 0 Å². The van der Waals surface area contributed by atoms with Gasteiger partial charge >= 0.3 is 5.97 Å². The van der Waals surface area contributed by atoms with Gasteiger partial charge in [0.2, 0.25) is 6.43 Å². The fourth-order valence-corrected chi connectivity index (χ4v) is 0.786. The molecule has 1 unspecified atom stereocenters. The number of unbranched alkanes of at least 4 members (excludes halogenated alkanes) is 1. The van der Waals surface area contributed by atoms with E-state index < -0.39 is 18.4 Å². The minimum Gasteiger partial charge on any atom is -0.480 e. The van der Waals surface area contributed by atoms with E-state index in [0.717, 1.165) is 0 Å². The quantitative estimate of drug-likeness (QED) is 0.605. The van der Waals surface area contributed by atoms with Gasteiger partial charge in [-0.2, -0.15) is 0 Å². The summed E-state index contributed by atoms with van der Waals surface area (Å²) in [6, 6.07) is -0.914. The molecule has 0 aromatic rings. The highest BCUT2D eigenvalue weighted by molar-refractivity contribution is 5.72. The smallest absolute Gasteiger partial charge is 0.320 e. The van der Waals surface area contributed by atoms with Crippen molar-refractivity contribution >= 4 is 5.97 Å². The van der Waals surface area contributed by atoms with Crippen LogP contribution in [0.4, 0.5) is 8.78 Å². The molecule has 1 atom stereocenters. The summed E-state index contributed by atoms with van der Waals surface area (Å²) in [5.74, 6) is -1.08. The average molecular weight is 181 g/mol. The normalized spacial score (nSPS) is 13.3. The van der Waals surface area contributed by atoms with Crippen molar-refractivity contribution in [3.63, 3.8) is 0 Å². The maximum atomic E-state index is 11.6. The third-order valence-electron chi connectivity index (χ3n) is 1.50. The molecule has 0 aliphatic rings. The number of halogens is 2. The molecule has 0 aliphatic carbocycles. The number of alkyl halides is 2. The topological polar surface area (TPSA) is 63.3 Å². The lowest BCUT2D eigenvalue weighted by atomic mass is 10.1. The van der Waals surface area contributed by atoms with Gasteiger partial charge in [-0.1, -0.05) is 6.42 Å². The summed E-state index contributed by atoms with van der Waals surface area (Å²) in [5.41, 5.74) is 5.15. The molecule has 3 nitrogen and oxygen atoms in total. The van der Waals surface area contributed by atoms with Gasteiger partial charge in [0, 0.05) is 6.42 Å². The molecule has 0 aromatic carbocycles. The first-order valence-corrected chi connectivity index (χ1v) is 3.80. The highest BCUT2D eigenvalue weighted by Crippen LogP contribution is 2.08. The largest absolute Gasteiger partial charge is 0.480 e. The van der Waals surface area contributed by atoms with Gasteiger partial charge in [0.05, 0.1) is 0 Å². The van der Waals surface area contributed by atoms with Crippen molar-refractivity contribution in [1.29, 1.82) is 0 Å². The van der Waals surface area contributed by atoms with E-state index in [9.17, 15) is 13.6 Å². The molecule has 3 N–H and O–H groups in total. The standard InChI is InChI=1S/C7H13F2NO2/c8-6(9)4-2-1-3-5(10)7(11)12/h5-6H,1-4,10H2,(H,11,12). The number of carbonyl (C=O) groups is 1. The van der Waals surface area contributed by atoms with E-state index in [0.29, 0.717) is 12.8 Å². The van der Waals surface area contributed by atoms with Crippen LogP contribution >= 0.6 is 0 Å².